The lowest BCUT2D eigenvalue weighted by Crippen LogP contribution is -2.26. The fourth-order valence-corrected chi connectivity index (χ4v) is 1.48. The minimum atomic E-state index is -0.391. The van der Waals surface area contributed by atoms with Gasteiger partial charge in [0.05, 0.1) is 18.7 Å². The molecule has 0 aromatic carbocycles. The van der Waals surface area contributed by atoms with Gasteiger partial charge in [-0.15, -0.1) is 0 Å². The van der Waals surface area contributed by atoms with Crippen LogP contribution in [0.15, 0.2) is 6.07 Å². The van der Waals surface area contributed by atoms with Gasteiger partial charge in [0, 0.05) is 5.69 Å². The Morgan fingerprint density at radius 1 is 1.56 bits per heavy atom. The summed E-state index contributed by atoms with van der Waals surface area (Å²) in [6.45, 7) is 4.63. The Morgan fingerprint density at radius 2 is 2.31 bits per heavy atom. The van der Waals surface area contributed by atoms with Crippen LogP contribution in [0.3, 0.4) is 0 Å². The van der Waals surface area contributed by atoms with Gasteiger partial charge in [0.1, 0.15) is 0 Å². The summed E-state index contributed by atoms with van der Waals surface area (Å²) in [5, 5.41) is 4.39. The Kier molecular flexibility index (Phi) is 4.94. The Balaban J connectivity index is 2.58. The minimum Gasteiger partial charge on any atom is -0.356 e. The molecule has 1 aromatic rings. The molecule has 0 saturated heterocycles. The normalized spacial score (nSPS) is 10.4. The maximum atomic E-state index is 11.1. The predicted octanol–water partition coefficient (Wildman–Crippen LogP) is 0.320. The smallest absolute Gasteiger partial charge is 0.328 e. The first-order valence-corrected chi connectivity index (χ1v) is 5.42. The molecular formula is C10H18N4O2. The molecule has 0 unspecified atom stereocenters. The molecule has 0 radical (unpaired) electrons. The molecule has 6 heteroatoms. The van der Waals surface area contributed by atoms with Gasteiger partial charge >= 0.3 is 5.97 Å². The monoisotopic (exact) mass is 226 g/mol. The molecule has 0 saturated carbocycles. The maximum absolute atomic E-state index is 11.1. The lowest BCUT2D eigenvalue weighted by molar-refractivity contribution is -0.151. The lowest BCUT2D eigenvalue weighted by atomic mass is 10.2. The average molecular weight is 226 g/mol. The zero-order valence-corrected chi connectivity index (χ0v) is 9.69. The standard InChI is InChI=1S/C10H18N4O2/c1-3-8-7-9(4-2)14(12-8)6-5-10(15)16-13-11/h7,13H,3-6,11H2,1-2H3. The molecule has 1 rings (SSSR count). The molecule has 6 nitrogen and oxygen atoms in total. The van der Waals surface area contributed by atoms with Crippen molar-refractivity contribution < 1.29 is 9.63 Å². The molecular weight excluding hydrogens is 208 g/mol. The molecule has 16 heavy (non-hydrogen) atoms. The van der Waals surface area contributed by atoms with Crippen LogP contribution in [0, 0.1) is 0 Å². The van der Waals surface area contributed by atoms with E-state index in [9.17, 15) is 4.79 Å². The molecule has 90 valence electrons. The third-order valence-corrected chi connectivity index (χ3v) is 2.34. The van der Waals surface area contributed by atoms with Crippen LogP contribution >= 0.6 is 0 Å². The number of carbonyl (C=O) groups is 1. The summed E-state index contributed by atoms with van der Waals surface area (Å²) in [7, 11) is 0. The van der Waals surface area contributed by atoms with Gasteiger partial charge in [-0.1, -0.05) is 19.4 Å². The van der Waals surface area contributed by atoms with Crippen molar-refractivity contribution in [3.8, 4) is 0 Å². The second-order valence-corrected chi connectivity index (χ2v) is 3.40. The number of hydrazine groups is 1. The number of aromatic nitrogens is 2. The predicted molar refractivity (Wildman–Crippen MR) is 59.0 cm³/mol. The second-order valence-electron chi connectivity index (χ2n) is 3.40. The molecule has 0 fully saturated rings. The van der Waals surface area contributed by atoms with Gasteiger partial charge < -0.3 is 4.84 Å². The summed E-state index contributed by atoms with van der Waals surface area (Å²) < 4.78 is 1.84. The fourth-order valence-electron chi connectivity index (χ4n) is 1.48. The average Bonchev–Trinajstić information content (AvgIpc) is 2.69. The van der Waals surface area contributed by atoms with Gasteiger partial charge in [0.25, 0.3) is 0 Å². The first-order chi connectivity index (χ1) is 7.71. The number of rotatable bonds is 6. The summed E-state index contributed by atoms with van der Waals surface area (Å²) in [6, 6.07) is 2.06. The zero-order valence-electron chi connectivity index (χ0n) is 9.69. The molecule has 1 aromatic heterocycles. The number of nitrogens with two attached hydrogens (primary N) is 1. The molecule has 0 bridgehead atoms. The number of hydrogen-bond donors (Lipinski definition) is 2. The van der Waals surface area contributed by atoms with E-state index in [1.807, 2.05) is 10.3 Å². The van der Waals surface area contributed by atoms with Gasteiger partial charge in [-0.3, -0.25) is 9.48 Å². The van der Waals surface area contributed by atoms with Crippen LogP contribution in [-0.4, -0.2) is 15.7 Å². The fraction of sp³-hybridized carbons (Fsp3) is 0.600. The van der Waals surface area contributed by atoms with Crippen LogP contribution in [0.2, 0.25) is 0 Å². The van der Waals surface area contributed by atoms with Crippen LogP contribution in [0.25, 0.3) is 0 Å². The number of nitrogens with zero attached hydrogens (tertiary/aromatic N) is 2. The van der Waals surface area contributed by atoms with Crippen molar-refractivity contribution in [2.24, 2.45) is 5.84 Å². The van der Waals surface area contributed by atoms with E-state index in [1.54, 1.807) is 0 Å². The summed E-state index contributed by atoms with van der Waals surface area (Å²) >= 11 is 0. The number of aryl methyl sites for hydroxylation is 3. The highest BCUT2D eigenvalue weighted by Gasteiger charge is 2.08. The molecule has 0 aliphatic rings. The summed E-state index contributed by atoms with van der Waals surface area (Å²) in [6.07, 6.45) is 2.05. The van der Waals surface area contributed by atoms with E-state index >= 15 is 0 Å². The molecule has 0 aliphatic carbocycles. The van der Waals surface area contributed by atoms with Crippen molar-refractivity contribution in [3.63, 3.8) is 0 Å². The van der Waals surface area contributed by atoms with Gasteiger partial charge in [-0.05, 0) is 18.9 Å². The van der Waals surface area contributed by atoms with E-state index in [1.165, 1.54) is 0 Å². The second kappa shape index (κ2) is 6.24. The molecule has 0 aliphatic heterocycles. The third kappa shape index (κ3) is 3.32. The van der Waals surface area contributed by atoms with E-state index < -0.39 is 5.97 Å². The van der Waals surface area contributed by atoms with Crippen LogP contribution in [0.4, 0.5) is 0 Å². The SMILES string of the molecule is CCc1cc(CC)n(CCC(=O)ONN)n1. The van der Waals surface area contributed by atoms with Crippen LogP contribution < -0.4 is 11.4 Å². The molecule has 0 amide bonds. The number of hydrogen-bond acceptors (Lipinski definition) is 5. The van der Waals surface area contributed by atoms with Gasteiger partial charge in [0.2, 0.25) is 0 Å². The van der Waals surface area contributed by atoms with Crippen molar-refractivity contribution in [3.05, 3.63) is 17.5 Å². The van der Waals surface area contributed by atoms with E-state index in [4.69, 9.17) is 5.84 Å². The molecule has 1 heterocycles. The maximum Gasteiger partial charge on any atom is 0.328 e. The summed E-state index contributed by atoms with van der Waals surface area (Å²) in [5.74, 6) is 4.47. The van der Waals surface area contributed by atoms with Crippen LogP contribution in [-0.2, 0) is 29.0 Å². The summed E-state index contributed by atoms with van der Waals surface area (Å²) in [4.78, 5) is 15.5. The first-order valence-electron chi connectivity index (χ1n) is 5.42. The third-order valence-electron chi connectivity index (χ3n) is 2.34. The quantitative estimate of drug-likeness (QED) is 0.539. The zero-order chi connectivity index (χ0) is 12.0. The Hall–Kier alpha value is -1.40. The first kappa shape index (κ1) is 12.7. The largest absolute Gasteiger partial charge is 0.356 e. The molecule has 0 atom stereocenters. The van der Waals surface area contributed by atoms with Gasteiger partial charge in [-0.2, -0.15) is 5.10 Å². The van der Waals surface area contributed by atoms with Gasteiger partial charge in [-0.25, -0.2) is 5.84 Å². The molecule has 0 spiro atoms. The number of nitrogens with one attached hydrogen (secondary N) is 1. The van der Waals surface area contributed by atoms with Crippen molar-refractivity contribution in [1.82, 2.24) is 15.4 Å². The van der Waals surface area contributed by atoms with Crippen LogP contribution in [0.5, 0.6) is 0 Å². The number of carbonyl (C=O) groups excluding carboxylic acids is 1. The van der Waals surface area contributed by atoms with Crippen molar-refractivity contribution in [2.45, 2.75) is 39.7 Å². The van der Waals surface area contributed by atoms with Crippen molar-refractivity contribution in [2.75, 3.05) is 0 Å². The molecule has 3 N–H and O–H groups in total. The Bertz CT molecular complexity index is 349. The highest BCUT2D eigenvalue weighted by molar-refractivity contribution is 5.68. The Morgan fingerprint density at radius 3 is 2.88 bits per heavy atom. The van der Waals surface area contributed by atoms with E-state index in [2.05, 4.69) is 29.9 Å². The Labute approximate surface area is 94.7 Å². The van der Waals surface area contributed by atoms with E-state index in [-0.39, 0.29) is 6.42 Å². The van der Waals surface area contributed by atoms with Crippen LogP contribution in [0.1, 0.15) is 31.7 Å². The van der Waals surface area contributed by atoms with Crippen molar-refractivity contribution >= 4 is 5.97 Å². The van der Waals surface area contributed by atoms with Crippen molar-refractivity contribution in [1.29, 1.82) is 0 Å². The van der Waals surface area contributed by atoms with E-state index in [0.717, 1.165) is 24.2 Å². The summed E-state index contributed by atoms with van der Waals surface area (Å²) in [5.41, 5.74) is 4.04. The highest BCUT2D eigenvalue weighted by Crippen LogP contribution is 2.07. The van der Waals surface area contributed by atoms with Gasteiger partial charge in [0.15, 0.2) is 0 Å². The van der Waals surface area contributed by atoms with E-state index in [0.29, 0.717) is 6.54 Å². The lowest BCUT2D eigenvalue weighted by Gasteiger charge is -2.05. The highest BCUT2D eigenvalue weighted by atomic mass is 16.7. The topological polar surface area (TPSA) is 82.2 Å². The minimum absolute atomic E-state index is 0.252.